The van der Waals surface area contributed by atoms with Gasteiger partial charge in [-0.15, -0.1) is 0 Å². The molecule has 1 atom stereocenters. The number of rotatable bonds is 5. The summed E-state index contributed by atoms with van der Waals surface area (Å²) in [4.78, 5) is 12.1. The van der Waals surface area contributed by atoms with E-state index in [0.717, 1.165) is 17.3 Å². The average molecular weight is 334 g/mol. The number of hydrogen-bond acceptors (Lipinski definition) is 1. The monoisotopic (exact) mass is 333 g/mol. The molecule has 0 aliphatic rings. The van der Waals surface area contributed by atoms with Crippen molar-refractivity contribution < 1.29 is 4.79 Å². The zero-order chi connectivity index (χ0) is 14.6. The van der Waals surface area contributed by atoms with E-state index in [2.05, 4.69) is 59.4 Å². The van der Waals surface area contributed by atoms with Crippen LogP contribution in [-0.2, 0) is 11.2 Å². The number of halogens is 1. The Balaban J connectivity index is 2.10. The molecule has 0 aromatic heterocycles. The number of carbonyl (C=O) groups excluding carboxylic acids is 1. The Bertz CT molecular complexity index is 605. The van der Waals surface area contributed by atoms with Crippen molar-refractivity contribution in [3.05, 3.63) is 48.0 Å². The molecule has 0 saturated carbocycles. The summed E-state index contributed by atoms with van der Waals surface area (Å²) in [6.07, 6.45) is 1.33. The maximum atomic E-state index is 12.1. The Kier molecular flexibility index (Phi) is 4.81. The zero-order valence-electron chi connectivity index (χ0n) is 11.9. The lowest BCUT2D eigenvalue weighted by Gasteiger charge is -2.27. The number of amides is 1. The van der Waals surface area contributed by atoms with Gasteiger partial charge < -0.3 is 5.32 Å². The molecule has 0 heterocycles. The minimum atomic E-state index is -0.173. The van der Waals surface area contributed by atoms with Crippen LogP contribution in [0.2, 0.25) is 0 Å². The highest BCUT2D eigenvalue weighted by atomic mass is 79.9. The van der Waals surface area contributed by atoms with Crippen molar-refractivity contribution in [2.24, 2.45) is 0 Å². The fourth-order valence-electron chi connectivity index (χ4n) is 2.13. The molecular formula is C17H20BrNO. The third-order valence-electron chi connectivity index (χ3n) is 3.70. The summed E-state index contributed by atoms with van der Waals surface area (Å²) < 4.78 is 0. The number of alkyl halides is 1. The molecule has 1 amide bonds. The predicted octanol–water partition coefficient (Wildman–Crippen LogP) is 4.06. The van der Waals surface area contributed by atoms with Gasteiger partial charge in [-0.2, -0.15) is 0 Å². The summed E-state index contributed by atoms with van der Waals surface area (Å²) in [7, 11) is 0. The van der Waals surface area contributed by atoms with Crippen molar-refractivity contribution in [1.82, 2.24) is 5.32 Å². The first-order chi connectivity index (χ1) is 9.56. The molecule has 2 aromatic carbocycles. The van der Waals surface area contributed by atoms with E-state index in [1.54, 1.807) is 0 Å². The molecule has 2 nitrogen and oxygen atoms in total. The molecule has 0 spiro atoms. The minimum absolute atomic E-state index is 0.0732. The maximum Gasteiger partial charge on any atom is 0.224 e. The van der Waals surface area contributed by atoms with Crippen LogP contribution in [0.3, 0.4) is 0 Å². The fraction of sp³-hybridized carbons (Fsp3) is 0.353. The first-order valence-corrected chi connectivity index (χ1v) is 8.03. The van der Waals surface area contributed by atoms with Gasteiger partial charge in [0, 0.05) is 10.9 Å². The molecule has 2 rings (SSSR count). The van der Waals surface area contributed by atoms with Crippen molar-refractivity contribution in [2.75, 3.05) is 5.33 Å². The van der Waals surface area contributed by atoms with E-state index in [1.165, 1.54) is 10.8 Å². The number of nitrogens with one attached hydrogen (secondary N) is 1. The SMILES string of the molecule is CCC(C)(CBr)NC(=O)Cc1ccc2ccccc2c1. The molecule has 0 saturated heterocycles. The molecule has 106 valence electrons. The highest BCUT2D eigenvalue weighted by Gasteiger charge is 2.22. The van der Waals surface area contributed by atoms with E-state index in [0.29, 0.717) is 6.42 Å². The molecule has 0 bridgehead atoms. The predicted molar refractivity (Wildman–Crippen MR) is 88.3 cm³/mol. The van der Waals surface area contributed by atoms with Crippen molar-refractivity contribution in [3.8, 4) is 0 Å². The van der Waals surface area contributed by atoms with E-state index < -0.39 is 0 Å². The third kappa shape index (κ3) is 3.60. The van der Waals surface area contributed by atoms with Crippen LogP contribution in [-0.4, -0.2) is 16.8 Å². The topological polar surface area (TPSA) is 29.1 Å². The largest absolute Gasteiger partial charge is 0.350 e. The molecule has 2 aromatic rings. The quantitative estimate of drug-likeness (QED) is 0.821. The standard InChI is InChI=1S/C17H20BrNO/c1-3-17(2,12-18)19-16(20)11-13-8-9-14-6-4-5-7-15(14)10-13/h4-10H,3,11-12H2,1-2H3,(H,19,20). The van der Waals surface area contributed by atoms with Gasteiger partial charge in [0.05, 0.1) is 6.42 Å². The van der Waals surface area contributed by atoms with Gasteiger partial charge in [-0.1, -0.05) is 65.3 Å². The Hall–Kier alpha value is -1.35. The number of fused-ring (bicyclic) bond motifs is 1. The average Bonchev–Trinajstić information content (AvgIpc) is 2.47. The molecule has 3 heteroatoms. The van der Waals surface area contributed by atoms with Crippen LogP contribution >= 0.6 is 15.9 Å². The second kappa shape index (κ2) is 6.40. The molecule has 0 radical (unpaired) electrons. The molecule has 0 aliphatic carbocycles. The third-order valence-corrected chi connectivity index (χ3v) is 4.93. The smallest absolute Gasteiger partial charge is 0.224 e. The molecule has 0 aliphatic heterocycles. The molecule has 0 fully saturated rings. The number of benzene rings is 2. The molecule has 1 unspecified atom stereocenters. The molecule has 20 heavy (non-hydrogen) atoms. The van der Waals surface area contributed by atoms with Crippen LogP contribution in [0.4, 0.5) is 0 Å². The summed E-state index contributed by atoms with van der Waals surface area (Å²) in [5.74, 6) is 0.0732. The number of carbonyl (C=O) groups is 1. The van der Waals surface area contributed by atoms with E-state index >= 15 is 0 Å². The van der Waals surface area contributed by atoms with Gasteiger partial charge in [0.15, 0.2) is 0 Å². The van der Waals surface area contributed by atoms with Gasteiger partial charge in [-0.05, 0) is 29.7 Å². The lowest BCUT2D eigenvalue weighted by atomic mass is 10.0. The summed E-state index contributed by atoms with van der Waals surface area (Å²) in [6.45, 7) is 4.14. The van der Waals surface area contributed by atoms with E-state index in [1.807, 2.05) is 18.2 Å². The van der Waals surface area contributed by atoms with Gasteiger partial charge in [0.25, 0.3) is 0 Å². The van der Waals surface area contributed by atoms with Crippen LogP contribution < -0.4 is 5.32 Å². The second-order valence-electron chi connectivity index (χ2n) is 5.45. The second-order valence-corrected chi connectivity index (χ2v) is 6.02. The van der Waals surface area contributed by atoms with Crippen LogP contribution in [0.25, 0.3) is 10.8 Å². The van der Waals surface area contributed by atoms with Gasteiger partial charge in [0.1, 0.15) is 0 Å². The Morgan fingerprint density at radius 1 is 1.20 bits per heavy atom. The summed E-state index contributed by atoms with van der Waals surface area (Å²) in [5.41, 5.74) is 0.878. The van der Waals surface area contributed by atoms with E-state index in [9.17, 15) is 4.79 Å². The first-order valence-electron chi connectivity index (χ1n) is 6.91. The van der Waals surface area contributed by atoms with Gasteiger partial charge in [-0.3, -0.25) is 4.79 Å². The van der Waals surface area contributed by atoms with E-state index in [-0.39, 0.29) is 11.4 Å². The highest BCUT2D eigenvalue weighted by molar-refractivity contribution is 9.09. The van der Waals surface area contributed by atoms with Crippen LogP contribution in [0.1, 0.15) is 25.8 Å². The van der Waals surface area contributed by atoms with Crippen molar-refractivity contribution in [1.29, 1.82) is 0 Å². The summed E-state index contributed by atoms with van der Waals surface area (Å²) in [6, 6.07) is 14.4. The maximum absolute atomic E-state index is 12.1. The summed E-state index contributed by atoms with van der Waals surface area (Å²) in [5, 5.41) is 6.25. The van der Waals surface area contributed by atoms with E-state index in [4.69, 9.17) is 0 Å². The zero-order valence-corrected chi connectivity index (χ0v) is 13.5. The normalized spacial score (nSPS) is 13.9. The van der Waals surface area contributed by atoms with Crippen LogP contribution in [0, 0.1) is 0 Å². The number of hydrogen-bond donors (Lipinski definition) is 1. The van der Waals surface area contributed by atoms with Crippen molar-refractivity contribution in [2.45, 2.75) is 32.2 Å². The minimum Gasteiger partial charge on any atom is -0.350 e. The fourth-order valence-corrected chi connectivity index (χ4v) is 2.67. The van der Waals surface area contributed by atoms with Crippen molar-refractivity contribution in [3.63, 3.8) is 0 Å². The van der Waals surface area contributed by atoms with Crippen LogP contribution in [0.15, 0.2) is 42.5 Å². The summed E-state index contributed by atoms with van der Waals surface area (Å²) >= 11 is 3.46. The van der Waals surface area contributed by atoms with Gasteiger partial charge >= 0.3 is 0 Å². The lowest BCUT2D eigenvalue weighted by Crippen LogP contribution is -2.47. The molecular weight excluding hydrogens is 314 g/mol. The molecule has 1 N–H and O–H groups in total. The van der Waals surface area contributed by atoms with Gasteiger partial charge in [-0.25, -0.2) is 0 Å². The lowest BCUT2D eigenvalue weighted by molar-refractivity contribution is -0.122. The van der Waals surface area contributed by atoms with Crippen molar-refractivity contribution >= 4 is 32.6 Å². The Morgan fingerprint density at radius 2 is 1.90 bits per heavy atom. The highest BCUT2D eigenvalue weighted by Crippen LogP contribution is 2.17. The van der Waals surface area contributed by atoms with Crippen LogP contribution in [0.5, 0.6) is 0 Å². The Labute approximate surface area is 128 Å². The van der Waals surface area contributed by atoms with Gasteiger partial charge in [0.2, 0.25) is 5.91 Å². The first kappa shape index (κ1) is 15.0. The Morgan fingerprint density at radius 3 is 2.55 bits per heavy atom.